The van der Waals surface area contributed by atoms with Gasteiger partial charge in [0.05, 0.1) is 16.7 Å². The smallest absolute Gasteiger partial charge is 0.229 e. The normalized spacial score (nSPS) is 13.0. The van der Waals surface area contributed by atoms with Crippen LogP contribution in [0.5, 0.6) is 0 Å². The van der Waals surface area contributed by atoms with Gasteiger partial charge in [-0.15, -0.1) is 0 Å². The van der Waals surface area contributed by atoms with Gasteiger partial charge in [-0.3, -0.25) is 0 Å². The van der Waals surface area contributed by atoms with Crippen LogP contribution in [-0.2, 0) is 0 Å². The summed E-state index contributed by atoms with van der Waals surface area (Å²) < 4.78 is 1.91. The quantitative estimate of drug-likeness (QED) is 0.774. The van der Waals surface area contributed by atoms with E-state index >= 15 is 0 Å². The van der Waals surface area contributed by atoms with Crippen LogP contribution in [0.4, 0.5) is 0 Å². The molecule has 0 aliphatic carbocycles. The lowest BCUT2D eigenvalue weighted by Gasteiger charge is -2.11. The van der Waals surface area contributed by atoms with Crippen molar-refractivity contribution in [3.05, 3.63) is 41.2 Å². The minimum atomic E-state index is 0.424. The molecular formula is C16H21N5. The molecule has 1 unspecified atom stereocenters. The first-order chi connectivity index (χ1) is 10.1. The fourth-order valence-electron chi connectivity index (χ4n) is 3.02. The molecule has 0 amide bonds. The molecule has 0 bridgehead atoms. The molecule has 1 aromatic carbocycles. The van der Waals surface area contributed by atoms with Gasteiger partial charge in [-0.1, -0.05) is 19.1 Å². The highest BCUT2D eigenvalue weighted by molar-refractivity contribution is 5.75. The maximum absolute atomic E-state index is 4.67. The van der Waals surface area contributed by atoms with E-state index in [0.717, 1.165) is 34.9 Å². The minimum absolute atomic E-state index is 0.424. The Bertz CT molecular complexity index is 735. The Morgan fingerprint density at radius 3 is 2.76 bits per heavy atom. The van der Waals surface area contributed by atoms with Gasteiger partial charge in [0, 0.05) is 17.8 Å². The summed E-state index contributed by atoms with van der Waals surface area (Å²) in [5.74, 6) is 1.20. The summed E-state index contributed by atoms with van der Waals surface area (Å²) in [6.07, 6.45) is 0. The molecule has 0 saturated carbocycles. The van der Waals surface area contributed by atoms with Crippen LogP contribution in [0.25, 0.3) is 17.0 Å². The van der Waals surface area contributed by atoms with E-state index in [0.29, 0.717) is 5.92 Å². The number of hydrogen-bond acceptors (Lipinski definition) is 3. The molecule has 5 nitrogen and oxygen atoms in total. The second-order valence-electron chi connectivity index (χ2n) is 5.53. The lowest BCUT2D eigenvalue weighted by molar-refractivity contribution is 0.670. The van der Waals surface area contributed by atoms with E-state index in [9.17, 15) is 0 Å². The van der Waals surface area contributed by atoms with Crippen LogP contribution in [-0.4, -0.2) is 33.3 Å². The van der Waals surface area contributed by atoms with Gasteiger partial charge in [0.1, 0.15) is 0 Å². The zero-order valence-corrected chi connectivity index (χ0v) is 12.9. The van der Waals surface area contributed by atoms with Crippen molar-refractivity contribution in [1.82, 2.24) is 25.1 Å². The maximum Gasteiger partial charge on any atom is 0.229 e. The van der Waals surface area contributed by atoms with Crippen molar-refractivity contribution in [2.24, 2.45) is 0 Å². The number of likely N-dealkylation sites (N-methyl/N-ethyl adjacent to an activating group) is 1. The van der Waals surface area contributed by atoms with Crippen molar-refractivity contribution in [2.75, 3.05) is 13.6 Å². The Morgan fingerprint density at radius 2 is 2.05 bits per heavy atom. The Balaban J connectivity index is 2.08. The number of para-hydroxylation sites is 2. The molecule has 1 atom stereocenters. The summed E-state index contributed by atoms with van der Waals surface area (Å²) in [5, 5.41) is 7.90. The Hall–Kier alpha value is -2.14. The van der Waals surface area contributed by atoms with E-state index in [1.165, 1.54) is 5.56 Å². The van der Waals surface area contributed by atoms with Crippen molar-refractivity contribution in [2.45, 2.75) is 26.7 Å². The van der Waals surface area contributed by atoms with Crippen molar-refractivity contribution in [3.63, 3.8) is 0 Å². The molecule has 0 spiro atoms. The number of aryl methyl sites for hydroxylation is 1. The van der Waals surface area contributed by atoms with Gasteiger partial charge < -0.3 is 10.3 Å². The van der Waals surface area contributed by atoms with E-state index in [4.69, 9.17) is 0 Å². The molecule has 0 radical (unpaired) electrons. The first kappa shape index (κ1) is 13.8. The summed E-state index contributed by atoms with van der Waals surface area (Å²) in [7, 11) is 1.98. The largest absolute Gasteiger partial charge is 0.322 e. The van der Waals surface area contributed by atoms with Gasteiger partial charge in [0.25, 0.3) is 0 Å². The predicted octanol–water partition coefficient (Wildman–Crippen LogP) is 2.69. The molecule has 2 aromatic heterocycles. The van der Waals surface area contributed by atoms with Crippen molar-refractivity contribution in [3.8, 4) is 5.95 Å². The van der Waals surface area contributed by atoms with Crippen molar-refractivity contribution >= 4 is 11.0 Å². The average Bonchev–Trinajstić information content (AvgIpc) is 3.00. The van der Waals surface area contributed by atoms with E-state index in [2.05, 4.69) is 41.2 Å². The fourth-order valence-corrected chi connectivity index (χ4v) is 3.02. The van der Waals surface area contributed by atoms with E-state index in [1.807, 2.05) is 36.0 Å². The number of nitrogens with zero attached hydrogens (tertiary/aromatic N) is 3. The second kappa shape index (κ2) is 5.33. The molecule has 0 aliphatic rings. The highest BCUT2D eigenvalue weighted by Gasteiger charge is 2.19. The first-order valence-electron chi connectivity index (χ1n) is 7.27. The highest BCUT2D eigenvalue weighted by atomic mass is 15.4. The van der Waals surface area contributed by atoms with Crippen LogP contribution in [0.15, 0.2) is 24.3 Å². The van der Waals surface area contributed by atoms with Gasteiger partial charge in [0.15, 0.2) is 0 Å². The standard InChI is InChI=1S/C16H21N5/c1-10(9-17-4)15-11(2)20-21(12(15)3)16-18-13-7-5-6-8-14(13)19-16/h5-8,10,17H,9H2,1-4H3,(H,18,19). The van der Waals surface area contributed by atoms with E-state index in [-0.39, 0.29) is 0 Å². The van der Waals surface area contributed by atoms with Gasteiger partial charge in [-0.2, -0.15) is 5.10 Å². The summed E-state index contributed by atoms with van der Waals surface area (Å²) in [6, 6.07) is 8.04. The summed E-state index contributed by atoms with van der Waals surface area (Å²) in [4.78, 5) is 7.97. The number of fused-ring (bicyclic) bond motifs is 1. The van der Waals surface area contributed by atoms with Gasteiger partial charge >= 0.3 is 0 Å². The number of aromatic amines is 1. The SMILES string of the molecule is CNCC(C)c1c(C)nn(-c2nc3ccccc3[nH]2)c1C. The summed E-state index contributed by atoms with van der Waals surface area (Å²) in [6.45, 7) is 7.33. The predicted molar refractivity (Wildman–Crippen MR) is 85.0 cm³/mol. The molecule has 0 aliphatic heterocycles. The third kappa shape index (κ3) is 2.34. The van der Waals surface area contributed by atoms with Crippen LogP contribution in [0.1, 0.15) is 29.8 Å². The second-order valence-corrected chi connectivity index (χ2v) is 5.53. The molecule has 5 heteroatoms. The van der Waals surface area contributed by atoms with Gasteiger partial charge in [-0.25, -0.2) is 9.67 Å². The Kier molecular flexibility index (Phi) is 3.51. The van der Waals surface area contributed by atoms with Crippen LogP contribution < -0.4 is 5.32 Å². The minimum Gasteiger partial charge on any atom is -0.322 e. The Labute approximate surface area is 124 Å². The van der Waals surface area contributed by atoms with E-state index in [1.54, 1.807) is 0 Å². The summed E-state index contributed by atoms with van der Waals surface area (Å²) in [5.41, 5.74) is 5.50. The van der Waals surface area contributed by atoms with Crippen molar-refractivity contribution < 1.29 is 0 Å². The van der Waals surface area contributed by atoms with Crippen LogP contribution in [0.2, 0.25) is 0 Å². The molecule has 3 rings (SSSR count). The Morgan fingerprint density at radius 1 is 1.29 bits per heavy atom. The first-order valence-corrected chi connectivity index (χ1v) is 7.27. The number of benzene rings is 1. The summed E-state index contributed by atoms with van der Waals surface area (Å²) >= 11 is 0. The molecular weight excluding hydrogens is 262 g/mol. The topological polar surface area (TPSA) is 58.5 Å². The molecule has 2 heterocycles. The lowest BCUT2D eigenvalue weighted by atomic mass is 9.99. The number of imidazole rings is 1. The third-order valence-corrected chi connectivity index (χ3v) is 3.93. The maximum atomic E-state index is 4.67. The molecule has 3 aromatic rings. The number of H-pyrrole nitrogens is 1. The number of aromatic nitrogens is 4. The van der Waals surface area contributed by atoms with Crippen molar-refractivity contribution in [1.29, 1.82) is 0 Å². The highest BCUT2D eigenvalue weighted by Crippen LogP contribution is 2.25. The third-order valence-electron chi connectivity index (χ3n) is 3.93. The molecule has 2 N–H and O–H groups in total. The molecule has 110 valence electrons. The molecule has 0 fully saturated rings. The van der Waals surface area contributed by atoms with E-state index < -0.39 is 0 Å². The van der Waals surface area contributed by atoms with Gasteiger partial charge in [-0.05, 0) is 38.9 Å². The molecule has 21 heavy (non-hydrogen) atoms. The van der Waals surface area contributed by atoms with Crippen LogP contribution in [0, 0.1) is 13.8 Å². The fraction of sp³-hybridized carbons (Fsp3) is 0.375. The average molecular weight is 283 g/mol. The van der Waals surface area contributed by atoms with Gasteiger partial charge in [0.2, 0.25) is 5.95 Å². The molecule has 0 saturated heterocycles. The van der Waals surface area contributed by atoms with Crippen LogP contribution >= 0.6 is 0 Å². The number of rotatable bonds is 4. The zero-order valence-electron chi connectivity index (χ0n) is 12.9. The zero-order chi connectivity index (χ0) is 15.0. The van der Waals surface area contributed by atoms with Crippen LogP contribution in [0.3, 0.4) is 0 Å². The monoisotopic (exact) mass is 283 g/mol. The number of nitrogens with one attached hydrogen (secondary N) is 2. The lowest BCUT2D eigenvalue weighted by Crippen LogP contribution is -2.15. The number of hydrogen-bond donors (Lipinski definition) is 2.